The lowest BCUT2D eigenvalue weighted by Crippen LogP contribution is -2.52. The second kappa shape index (κ2) is 8.12. The van der Waals surface area contributed by atoms with Gasteiger partial charge >= 0.3 is 5.97 Å². The normalized spacial score (nSPS) is 16.1. The Balaban J connectivity index is 4.73. The van der Waals surface area contributed by atoms with Gasteiger partial charge in [0.2, 0.25) is 5.91 Å². The van der Waals surface area contributed by atoms with Crippen molar-refractivity contribution in [3.8, 4) is 0 Å². The highest BCUT2D eigenvalue weighted by molar-refractivity contribution is 5.83. The second-order valence-corrected chi connectivity index (χ2v) is 5.46. The molecule has 0 rings (SSSR count). The van der Waals surface area contributed by atoms with Crippen LogP contribution < -0.4 is 11.1 Å². The van der Waals surface area contributed by atoms with Crippen molar-refractivity contribution < 1.29 is 19.4 Å². The first-order valence-corrected chi connectivity index (χ1v) is 6.59. The number of nitrogens with one attached hydrogen (secondary N) is 1. The third-order valence-electron chi connectivity index (χ3n) is 2.44. The summed E-state index contributed by atoms with van der Waals surface area (Å²) >= 11 is 0. The maximum absolute atomic E-state index is 11.7. The molecule has 3 atom stereocenters. The van der Waals surface area contributed by atoms with E-state index in [1.165, 1.54) is 0 Å². The predicted octanol–water partition coefficient (Wildman–Crippen LogP) is 0.177. The molecule has 0 aliphatic rings. The van der Waals surface area contributed by atoms with Gasteiger partial charge in [-0.2, -0.15) is 0 Å². The van der Waals surface area contributed by atoms with E-state index < -0.39 is 30.1 Å². The quantitative estimate of drug-likeness (QED) is 0.575. The van der Waals surface area contributed by atoms with E-state index in [1.54, 1.807) is 20.8 Å². The van der Waals surface area contributed by atoms with Crippen LogP contribution in [0.1, 0.15) is 41.0 Å². The van der Waals surface area contributed by atoms with E-state index in [0.717, 1.165) is 0 Å². The van der Waals surface area contributed by atoms with Crippen LogP contribution in [0.25, 0.3) is 0 Å². The van der Waals surface area contributed by atoms with Gasteiger partial charge in [0.1, 0.15) is 0 Å². The Hall–Kier alpha value is -1.14. The summed E-state index contributed by atoms with van der Waals surface area (Å²) in [5.41, 5.74) is 5.46. The lowest BCUT2D eigenvalue weighted by molar-refractivity contribution is -0.159. The van der Waals surface area contributed by atoms with E-state index in [9.17, 15) is 14.7 Å². The van der Waals surface area contributed by atoms with Gasteiger partial charge in [0.05, 0.1) is 18.2 Å². The highest BCUT2D eigenvalue weighted by Gasteiger charge is 2.30. The molecule has 0 fully saturated rings. The van der Waals surface area contributed by atoms with Gasteiger partial charge < -0.3 is 20.9 Å². The zero-order valence-electron chi connectivity index (χ0n) is 12.3. The summed E-state index contributed by atoms with van der Waals surface area (Å²) in [4.78, 5) is 23.3. The van der Waals surface area contributed by atoms with Crippen LogP contribution in [0.15, 0.2) is 0 Å². The first kappa shape index (κ1) is 17.9. The fourth-order valence-corrected chi connectivity index (χ4v) is 1.56. The molecule has 0 bridgehead atoms. The van der Waals surface area contributed by atoms with Crippen molar-refractivity contribution in [3.05, 3.63) is 0 Å². The minimum absolute atomic E-state index is 0.208. The van der Waals surface area contributed by atoms with E-state index in [-0.39, 0.29) is 12.0 Å². The fraction of sp³-hybridized carbons (Fsp3) is 0.846. The standard InChI is InChI=1S/C13H26N2O4/c1-7(2)6-10(15-12(17)9(5)14)11(16)13(18)19-8(3)4/h7-11,16H,6,14H2,1-5H3,(H,15,17)/t9-,10-,11?/m0/s1. The third-order valence-corrected chi connectivity index (χ3v) is 2.44. The molecule has 6 nitrogen and oxygen atoms in total. The summed E-state index contributed by atoms with van der Waals surface area (Å²) < 4.78 is 4.95. The number of aliphatic hydroxyl groups excluding tert-OH is 1. The van der Waals surface area contributed by atoms with Crippen LogP contribution in [-0.4, -0.2) is 41.3 Å². The fourth-order valence-electron chi connectivity index (χ4n) is 1.56. The molecule has 4 N–H and O–H groups in total. The molecule has 19 heavy (non-hydrogen) atoms. The SMILES string of the molecule is CC(C)C[C@H](NC(=O)[C@H](C)N)C(O)C(=O)OC(C)C. The molecule has 112 valence electrons. The van der Waals surface area contributed by atoms with Crippen molar-refractivity contribution in [2.75, 3.05) is 0 Å². The molecule has 0 saturated carbocycles. The topological polar surface area (TPSA) is 102 Å². The molecule has 0 radical (unpaired) electrons. The minimum atomic E-state index is -1.38. The Labute approximate surface area is 114 Å². The van der Waals surface area contributed by atoms with Crippen molar-refractivity contribution in [2.24, 2.45) is 11.7 Å². The van der Waals surface area contributed by atoms with Gasteiger partial charge in [-0.3, -0.25) is 4.79 Å². The van der Waals surface area contributed by atoms with Crippen molar-refractivity contribution in [1.29, 1.82) is 0 Å². The molecule has 0 aromatic carbocycles. The second-order valence-electron chi connectivity index (χ2n) is 5.46. The first-order valence-electron chi connectivity index (χ1n) is 6.59. The maximum atomic E-state index is 11.7. The Morgan fingerprint density at radius 3 is 2.11 bits per heavy atom. The summed E-state index contributed by atoms with van der Waals surface area (Å²) in [5.74, 6) is -0.924. The van der Waals surface area contributed by atoms with E-state index in [4.69, 9.17) is 10.5 Å². The molecule has 1 unspecified atom stereocenters. The zero-order chi connectivity index (χ0) is 15.2. The summed E-state index contributed by atoms with van der Waals surface area (Å²) in [6, 6.07) is -1.38. The van der Waals surface area contributed by atoms with E-state index in [2.05, 4.69) is 5.32 Å². The van der Waals surface area contributed by atoms with Crippen LogP contribution in [0.4, 0.5) is 0 Å². The van der Waals surface area contributed by atoms with Gasteiger partial charge in [-0.25, -0.2) is 4.79 Å². The van der Waals surface area contributed by atoms with Crippen LogP contribution in [0, 0.1) is 5.92 Å². The molecule has 0 spiro atoms. The van der Waals surface area contributed by atoms with E-state index in [0.29, 0.717) is 6.42 Å². The summed E-state index contributed by atoms with van der Waals surface area (Å²) in [7, 11) is 0. The monoisotopic (exact) mass is 274 g/mol. The molecular formula is C13H26N2O4. The number of nitrogens with two attached hydrogens (primary N) is 1. The van der Waals surface area contributed by atoms with Gasteiger partial charge in [0.15, 0.2) is 6.10 Å². The Morgan fingerprint density at radius 2 is 1.74 bits per heavy atom. The van der Waals surface area contributed by atoms with Gasteiger partial charge in [-0.15, -0.1) is 0 Å². The van der Waals surface area contributed by atoms with Crippen LogP contribution in [0.2, 0.25) is 0 Å². The van der Waals surface area contributed by atoms with Gasteiger partial charge in [-0.05, 0) is 33.1 Å². The number of hydrogen-bond donors (Lipinski definition) is 3. The number of amides is 1. The lowest BCUT2D eigenvalue weighted by Gasteiger charge is -2.25. The van der Waals surface area contributed by atoms with Crippen molar-refractivity contribution >= 4 is 11.9 Å². The lowest BCUT2D eigenvalue weighted by atomic mass is 9.98. The number of carbonyl (C=O) groups excluding carboxylic acids is 2. The van der Waals surface area contributed by atoms with Gasteiger partial charge in [-0.1, -0.05) is 13.8 Å². The first-order chi connectivity index (χ1) is 8.65. The van der Waals surface area contributed by atoms with E-state index in [1.807, 2.05) is 13.8 Å². The van der Waals surface area contributed by atoms with Crippen molar-refractivity contribution in [1.82, 2.24) is 5.32 Å². The smallest absolute Gasteiger partial charge is 0.337 e. The molecule has 0 aliphatic carbocycles. The average Bonchev–Trinajstić information content (AvgIpc) is 2.25. The zero-order valence-corrected chi connectivity index (χ0v) is 12.3. The molecular weight excluding hydrogens is 248 g/mol. The largest absolute Gasteiger partial charge is 0.461 e. The molecule has 0 saturated heterocycles. The third kappa shape index (κ3) is 7.12. The molecule has 1 amide bonds. The highest BCUT2D eigenvalue weighted by Crippen LogP contribution is 2.11. The van der Waals surface area contributed by atoms with Crippen molar-refractivity contribution in [3.63, 3.8) is 0 Å². The Morgan fingerprint density at radius 1 is 1.21 bits per heavy atom. The maximum Gasteiger partial charge on any atom is 0.337 e. The summed E-state index contributed by atoms with van der Waals surface area (Å²) in [6.45, 7) is 8.81. The number of carbonyl (C=O) groups is 2. The molecule has 0 aromatic heterocycles. The number of esters is 1. The summed E-state index contributed by atoms with van der Waals surface area (Å²) in [5, 5.41) is 12.6. The number of aliphatic hydroxyl groups is 1. The molecule has 0 aliphatic heterocycles. The average molecular weight is 274 g/mol. The predicted molar refractivity (Wildman–Crippen MR) is 72.3 cm³/mol. The van der Waals surface area contributed by atoms with Crippen LogP contribution in [0.3, 0.4) is 0 Å². The number of ether oxygens (including phenoxy) is 1. The number of rotatable bonds is 7. The van der Waals surface area contributed by atoms with Gasteiger partial charge in [0.25, 0.3) is 0 Å². The van der Waals surface area contributed by atoms with E-state index >= 15 is 0 Å². The Bertz CT molecular complexity index is 303. The molecule has 0 aromatic rings. The van der Waals surface area contributed by atoms with Crippen LogP contribution in [0.5, 0.6) is 0 Å². The Kier molecular flexibility index (Phi) is 7.63. The molecule has 0 heterocycles. The minimum Gasteiger partial charge on any atom is -0.461 e. The van der Waals surface area contributed by atoms with Crippen LogP contribution in [-0.2, 0) is 14.3 Å². The van der Waals surface area contributed by atoms with Gasteiger partial charge in [0, 0.05) is 0 Å². The van der Waals surface area contributed by atoms with Crippen molar-refractivity contribution in [2.45, 2.75) is 65.3 Å². The van der Waals surface area contributed by atoms with Crippen LogP contribution >= 0.6 is 0 Å². The molecule has 6 heteroatoms. The number of hydrogen-bond acceptors (Lipinski definition) is 5. The summed E-state index contributed by atoms with van der Waals surface area (Å²) in [6.07, 6.45) is -1.23. The highest BCUT2D eigenvalue weighted by atomic mass is 16.6.